The quantitative estimate of drug-likeness (QED) is 0.773. The molecule has 0 radical (unpaired) electrons. The minimum absolute atomic E-state index is 0.0957. The summed E-state index contributed by atoms with van der Waals surface area (Å²) in [5.74, 6) is -1.02. The van der Waals surface area contributed by atoms with Crippen molar-refractivity contribution in [2.45, 2.75) is 48.3 Å². The lowest BCUT2D eigenvalue weighted by Gasteiger charge is -2.25. The molecule has 1 aromatic carbocycles. The molecule has 3 rings (SSSR count). The van der Waals surface area contributed by atoms with Gasteiger partial charge in [0.2, 0.25) is 11.8 Å². The minimum atomic E-state index is -4.49. The van der Waals surface area contributed by atoms with Crippen molar-refractivity contribution in [1.82, 2.24) is 5.48 Å². The van der Waals surface area contributed by atoms with Crippen molar-refractivity contribution in [2.75, 3.05) is 11.9 Å². The monoisotopic (exact) mass is 390 g/mol. The third-order valence-corrected chi connectivity index (χ3v) is 5.21. The fourth-order valence-corrected chi connectivity index (χ4v) is 3.70. The molecule has 0 bridgehead atoms. The van der Waals surface area contributed by atoms with E-state index in [1.54, 1.807) is 0 Å². The largest absolute Gasteiger partial charge is 0.416 e. The van der Waals surface area contributed by atoms with E-state index < -0.39 is 35.1 Å². The molecule has 0 spiro atoms. The number of alkyl halides is 3. The molecule has 1 aromatic rings. The molecule has 0 aromatic heterocycles. The zero-order valence-electron chi connectivity index (χ0n) is 13.6. The summed E-state index contributed by atoms with van der Waals surface area (Å²) in [4.78, 5) is 29.7. The molecular formula is C16H17F3N2O4S. The standard InChI is InChI=1S/C16H17F3N2O4S/c17-16(18,19)9-4-5-11-10(7-9)20-15(23)12(26-11)8-13(22)21-25-14-3-1-2-6-24-14/h4-5,7,12,14H,1-3,6,8H2,(H,20,23)(H,21,22)/t12-,14+/m1/s1. The van der Waals surface area contributed by atoms with Crippen molar-refractivity contribution in [2.24, 2.45) is 0 Å². The first-order valence-electron chi connectivity index (χ1n) is 8.08. The van der Waals surface area contributed by atoms with Gasteiger partial charge in [0, 0.05) is 24.3 Å². The van der Waals surface area contributed by atoms with E-state index in [1.807, 2.05) is 0 Å². The molecule has 0 saturated carbocycles. The molecular weight excluding hydrogens is 373 g/mol. The number of nitrogens with one attached hydrogen (secondary N) is 2. The lowest BCUT2D eigenvalue weighted by atomic mass is 10.1. The van der Waals surface area contributed by atoms with Crippen LogP contribution in [0.1, 0.15) is 31.2 Å². The van der Waals surface area contributed by atoms with E-state index in [2.05, 4.69) is 10.8 Å². The number of benzene rings is 1. The van der Waals surface area contributed by atoms with Gasteiger partial charge in [-0.05, 0) is 31.0 Å². The molecule has 0 unspecified atom stereocenters. The van der Waals surface area contributed by atoms with Gasteiger partial charge >= 0.3 is 6.18 Å². The SMILES string of the molecule is O=C(C[C@H]1Sc2ccc(C(F)(F)F)cc2NC1=O)NO[C@H]1CCCCO1. The average Bonchev–Trinajstić information content (AvgIpc) is 2.60. The second-order valence-corrected chi connectivity index (χ2v) is 7.19. The first-order valence-corrected chi connectivity index (χ1v) is 8.96. The Morgan fingerprint density at radius 3 is 2.88 bits per heavy atom. The van der Waals surface area contributed by atoms with Crippen LogP contribution in [-0.2, 0) is 25.3 Å². The third-order valence-electron chi connectivity index (χ3n) is 3.94. The van der Waals surface area contributed by atoms with E-state index >= 15 is 0 Å². The number of carbonyl (C=O) groups is 2. The number of rotatable bonds is 4. The average molecular weight is 390 g/mol. The predicted molar refractivity (Wildman–Crippen MR) is 87.2 cm³/mol. The Hall–Kier alpha value is -1.78. The zero-order valence-corrected chi connectivity index (χ0v) is 14.4. The Bertz CT molecular complexity index is 693. The number of hydroxylamine groups is 1. The number of anilines is 1. The molecule has 2 heterocycles. The van der Waals surface area contributed by atoms with E-state index in [9.17, 15) is 22.8 Å². The van der Waals surface area contributed by atoms with Crippen molar-refractivity contribution < 1.29 is 32.3 Å². The van der Waals surface area contributed by atoms with Crippen LogP contribution in [0.5, 0.6) is 0 Å². The molecule has 6 nitrogen and oxygen atoms in total. The Kier molecular flexibility index (Phi) is 5.73. The van der Waals surface area contributed by atoms with Gasteiger partial charge in [-0.15, -0.1) is 11.8 Å². The van der Waals surface area contributed by atoms with Crippen molar-refractivity contribution >= 4 is 29.3 Å². The maximum atomic E-state index is 12.7. The van der Waals surface area contributed by atoms with Crippen molar-refractivity contribution in [1.29, 1.82) is 0 Å². The highest BCUT2D eigenvalue weighted by molar-refractivity contribution is 8.01. The maximum Gasteiger partial charge on any atom is 0.416 e. The van der Waals surface area contributed by atoms with Crippen LogP contribution in [0.4, 0.5) is 18.9 Å². The van der Waals surface area contributed by atoms with Crippen LogP contribution >= 0.6 is 11.8 Å². The number of hydrogen-bond acceptors (Lipinski definition) is 5. The summed E-state index contributed by atoms with van der Waals surface area (Å²) in [6, 6.07) is 3.13. The number of fused-ring (bicyclic) bond motifs is 1. The van der Waals surface area contributed by atoms with E-state index in [1.165, 1.54) is 6.07 Å². The minimum Gasteiger partial charge on any atom is -0.350 e. The fraction of sp³-hybridized carbons (Fsp3) is 0.500. The van der Waals surface area contributed by atoms with Gasteiger partial charge in [0.1, 0.15) is 0 Å². The lowest BCUT2D eigenvalue weighted by molar-refractivity contribution is -0.200. The van der Waals surface area contributed by atoms with Crippen LogP contribution in [0.2, 0.25) is 0 Å². The van der Waals surface area contributed by atoms with Gasteiger partial charge in [0.25, 0.3) is 0 Å². The number of thioether (sulfide) groups is 1. The van der Waals surface area contributed by atoms with Crippen molar-refractivity contribution in [3.63, 3.8) is 0 Å². The molecule has 26 heavy (non-hydrogen) atoms. The fourth-order valence-electron chi connectivity index (χ4n) is 2.61. The van der Waals surface area contributed by atoms with Gasteiger partial charge in [0.15, 0.2) is 6.29 Å². The summed E-state index contributed by atoms with van der Waals surface area (Å²) in [6.07, 6.45) is -2.58. The van der Waals surface area contributed by atoms with Gasteiger partial charge in [-0.1, -0.05) is 0 Å². The van der Waals surface area contributed by atoms with Crippen LogP contribution in [0.3, 0.4) is 0 Å². The van der Waals surface area contributed by atoms with E-state index in [0.717, 1.165) is 36.7 Å². The van der Waals surface area contributed by atoms with Crippen molar-refractivity contribution in [3.8, 4) is 0 Å². The Morgan fingerprint density at radius 1 is 1.38 bits per heavy atom. The molecule has 1 saturated heterocycles. The normalized spacial score (nSPS) is 23.1. The Balaban J connectivity index is 1.57. The van der Waals surface area contributed by atoms with E-state index in [4.69, 9.17) is 9.57 Å². The van der Waals surface area contributed by atoms with Crippen LogP contribution in [0, 0.1) is 0 Å². The summed E-state index contributed by atoms with van der Waals surface area (Å²) < 4.78 is 43.5. The van der Waals surface area contributed by atoms with Crippen LogP contribution < -0.4 is 10.8 Å². The summed E-state index contributed by atoms with van der Waals surface area (Å²) in [6.45, 7) is 0.568. The first-order chi connectivity index (χ1) is 12.3. The number of ether oxygens (including phenoxy) is 1. The van der Waals surface area contributed by atoms with Crippen LogP contribution in [0.25, 0.3) is 0 Å². The van der Waals surface area contributed by atoms with Gasteiger partial charge < -0.3 is 10.1 Å². The van der Waals surface area contributed by atoms with Gasteiger partial charge in [0.05, 0.1) is 16.5 Å². The van der Waals surface area contributed by atoms with Gasteiger partial charge in [-0.2, -0.15) is 13.2 Å². The number of carbonyl (C=O) groups excluding carboxylic acids is 2. The highest BCUT2D eigenvalue weighted by Crippen LogP contribution is 2.40. The summed E-state index contributed by atoms with van der Waals surface area (Å²) in [5, 5.41) is 1.67. The molecule has 1 fully saturated rings. The first kappa shape index (κ1) is 19.0. The third kappa shape index (κ3) is 4.68. The summed E-state index contributed by atoms with van der Waals surface area (Å²) >= 11 is 1.05. The number of halogens is 3. The predicted octanol–water partition coefficient (Wildman–Crippen LogP) is 3.08. The Morgan fingerprint density at radius 2 is 2.19 bits per heavy atom. The molecule has 2 N–H and O–H groups in total. The summed E-state index contributed by atoms with van der Waals surface area (Å²) in [7, 11) is 0. The van der Waals surface area contributed by atoms with Gasteiger partial charge in [-0.3, -0.25) is 9.59 Å². The Labute approximate surface area is 151 Å². The summed E-state index contributed by atoms with van der Waals surface area (Å²) in [5.41, 5.74) is 1.52. The van der Waals surface area contributed by atoms with Crippen LogP contribution in [-0.4, -0.2) is 30.0 Å². The highest BCUT2D eigenvalue weighted by Gasteiger charge is 2.34. The van der Waals surface area contributed by atoms with Crippen molar-refractivity contribution in [3.05, 3.63) is 23.8 Å². The molecule has 2 aliphatic rings. The highest BCUT2D eigenvalue weighted by atomic mass is 32.2. The molecule has 2 amide bonds. The molecule has 142 valence electrons. The molecule has 10 heteroatoms. The topological polar surface area (TPSA) is 76.7 Å². The second kappa shape index (κ2) is 7.85. The van der Waals surface area contributed by atoms with E-state index in [-0.39, 0.29) is 12.1 Å². The molecule has 0 aliphatic carbocycles. The zero-order chi connectivity index (χ0) is 18.7. The second-order valence-electron chi connectivity index (χ2n) is 5.95. The molecule has 2 aliphatic heterocycles. The smallest absolute Gasteiger partial charge is 0.350 e. The lowest BCUT2D eigenvalue weighted by Crippen LogP contribution is -2.37. The van der Waals surface area contributed by atoms with E-state index in [0.29, 0.717) is 17.9 Å². The van der Waals surface area contributed by atoms with Gasteiger partial charge in [-0.25, -0.2) is 10.3 Å². The van der Waals surface area contributed by atoms with Crippen LogP contribution in [0.15, 0.2) is 23.1 Å². The number of hydrogen-bond donors (Lipinski definition) is 2. The number of amides is 2. The maximum absolute atomic E-state index is 12.7. The molecule has 2 atom stereocenters.